The molecule has 1 N–H and O–H groups in total. The lowest BCUT2D eigenvalue weighted by Crippen LogP contribution is -2.61. The highest BCUT2D eigenvalue weighted by Crippen LogP contribution is 2.39. The first kappa shape index (κ1) is 12.3. The van der Waals surface area contributed by atoms with Crippen molar-refractivity contribution in [2.75, 3.05) is 39.1 Å². The predicted octanol–water partition coefficient (Wildman–Crippen LogP) is -0.210. The topological polar surface area (TPSA) is 58.6 Å². The Morgan fingerprint density at radius 1 is 1.44 bits per heavy atom. The van der Waals surface area contributed by atoms with E-state index < -0.39 is 10.0 Å². The number of hydrogen-bond donors (Lipinski definition) is 1. The second-order valence-electron chi connectivity index (χ2n) is 4.78. The lowest BCUT2D eigenvalue weighted by Gasteiger charge is -2.52. The summed E-state index contributed by atoms with van der Waals surface area (Å²) in [6, 6.07) is 0. The molecule has 1 saturated carbocycles. The average Bonchev–Trinajstić information content (AvgIpc) is 2.14. The smallest absolute Gasteiger partial charge is 0.208 e. The Morgan fingerprint density at radius 2 is 2.19 bits per heavy atom. The third kappa shape index (κ3) is 2.74. The summed E-state index contributed by atoms with van der Waals surface area (Å²) in [5, 5.41) is 0. The van der Waals surface area contributed by atoms with Gasteiger partial charge in [-0.3, -0.25) is 4.90 Å². The molecule has 1 saturated heterocycles. The Kier molecular flexibility index (Phi) is 3.53. The lowest BCUT2D eigenvalue weighted by atomic mass is 9.75. The molecule has 94 valence electrons. The van der Waals surface area contributed by atoms with Crippen molar-refractivity contribution in [2.24, 2.45) is 0 Å². The summed E-state index contributed by atoms with van der Waals surface area (Å²) in [4.78, 5) is 2.39. The molecule has 16 heavy (non-hydrogen) atoms. The van der Waals surface area contributed by atoms with Crippen LogP contribution in [-0.2, 0) is 14.8 Å². The van der Waals surface area contributed by atoms with Crippen molar-refractivity contribution in [2.45, 2.75) is 24.8 Å². The van der Waals surface area contributed by atoms with Gasteiger partial charge in [-0.1, -0.05) is 0 Å². The van der Waals surface area contributed by atoms with Crippen molar-refractivity contribution in [3.05, 3.63) is 0 Å². The van der Waals surface area contributed by atoms with Crippen LogP contribution in [0.1, 0.15) is 19.3 Å². The van der Waals surface area contributed by atoms with Gasteiger partial charge in [0, 0.05) is 25.2 Å². The molecule has 1 spiro atoms. The minimum atomic E-state index is -3.06. The van der Waals surface area contributed by atoms with Gasteiger partial charge in [-0.25, -0.2) is 13.1 Å². The van der Waals surface area contributed by atoms with Crippen LogP contribution < -0.4 is 4.72 Å². The molecule has 0 bridgehead atoms. The molecule has 0 radical (unpaired) electrons. The van der Waals surface area contributed by atoms with Gasteiger partial charge >= 0.3 is 0 Å². The number of nitrogens with one attached hydrogen (secondary N) is 1. The van der Waals surface area contributed by atoms with Crippen molar-refractivity contribution in [1.82, 2.24) is 9.62 Å². The van der Waals surface area contributed by atoms with Crippen LogP contribution in [0.3, 0.4) is 0 Å². The van der Waals surface area contributed by atoms with Gasteiger partial charge in [-0.15, -0.1) is 0 Å². The molecule has 1 heterocycles. The summed E-state index contributed by atoms with van der Waals surface area (Å²) in [7, 11) is -3.06. The molecular formula is C10H20N2O3S. The van der Waals surface area contributed by atoms with E-state index in [1.165, 1.54) is 25.5 Å². The van der Waals surface area contributed by atoms with E-state index in [1.807, 2.05) is 0 Å². The summed E-state index contributed by atoms with van der Waals surface area (Å²) in [5.74, 6) is 0. The van der Waals surface area contributed by atoms with Crippen molar-refractivity contribution in [3.63, 3.8) is 0 Å². The molecule has 2 fully saturated rings. The number of rotatable bonds is 4. The zero-order valence-electron chi connectivity index (χ0n) is 9.74. The van der Waals surface area contributed by atoms with Crippen LogP contribution in [0.4, 0.5) is 0 Å². The molecule has 6 heteroatoms. The first-order valence-electron chi connectivity index (χ1n) is 5.79. The molecule has 2 aliphatic rings. The Balaban J connectivity index is 1.83. The van der Waals surface area contributed by atoms with E-state index in [1.54, 1.807) is 0 Å². The molecule has 1 aliphatic heterocycles. The number of nitrogens with zero attached hydrogens (tertiary/aromatic N) is 1. The van der Waals surface area contributed by atoms with Crippen LogP contribution >= 0.6 is 0 Å². The van der Waals surface area contributed by atoms with Crippen molar-refractivity contribution in [1.29, 1.82) is 0 Å². The van der Waals surface area contributed by atoms with E-state index in [-0.39, 0.29) is 5.54 Å². The maximum absolute atomic E-state index is 11.0. The Morgan fingerprint density at radius 3 is 2.75 bits per heavy atom. The van der Waals surface area contributed by atoms with Crippen LogP contribution in [0, 0.1) is 0 Å². The maximum Gasteiger partial charge on any atom is 0.208 e. The van der Waals surface area contributed by atoms with Crippen LogP contribution in [0.25, 0.3) is 0 Å². The third-order valence-corrected chi connectivity index (χ3v) is 4.31. The van der Waals surface area contributed by atoms with Gasteiger partial charge in [-0.2, -0.15) is 0 Å². The average molecular weight is 248 g/mol. The molecule has 0 amide bonds. The first-order valence-corrected chi connectivity index (χ1v) is 7.68. The van der Waals surface area contributed by atoms with E-state index in [4.69, 9.17) is 4.74 Å². The van der Waals surface area contributed by atoms with Crippen LogP contribution in [0.5, 0.6) is 0 Å². The third-order valence-electron chi connectivity index (χ3n) is 3.58. The fraction of sp³-hybridized carbons (Fsp3) is 1.00. The van der Waals surface area contributed by atoms with E-state index >= 15 is 0 Å². The predicted molar refractivity (Wildman–Crippen MR) is 61.8 cm³/mol. The van der Waals surface area contributed by atoms with E-state index in [9.17, 15) is 8.42 Å². The highest BCUT2D eigenvalue weighted by molar-refractivity contribution is 7.88. The minimum Gasteiger partial charge on any atom is -0.378 e. The first-order chi connectivity index (χ1) is 7.52. The normalized spacial score (nSPS) is 25.6. The highest BCUT2D eigenvalue weighted by atomic mass is 32.2. The fourth-order valence-electron chi connectivity index (χ4n) is 2.53. The molecule has 5 nitrogen and oxygen atoms in total. The standard InChI is InChI=1S/C10H20N2O3S/c1-16(13,14)11-5-6-12-7-8-15-9-10(12)3-2-4-10/h11H,2-9H2,1H3. The second kappa shape index (κ2) is 4.60. The van der Waals surface area contributed by atoms with E-state index in [2.05, 4.69) is 9.62 Å². The van der Waals surface area contributed by atoms with Crippen LogP contribution in [0.2, 0.25) is 0 Å². The van der Waals surface area contributed by atoms with Gasteiger partial charge in [0.05, 0.1) is 19.5 Å². The Labute approximate surface area is 97.2 Å². The maximum atomic E-state index is 11.0. The van der Waals surface area contributed by atoms with Gasteiger partial charge < -0.3 is 4.74 Å². The van der Waals surface area contributed by atoms with Crippen LogP contribution in [0.15, 0.2) is 0 Å². The molecule has 0 aromatic carbocycles. The summed E-state index contributed by atoms with van der Waals surface area (Å²) >= 11 is 0. The van der Waals surface area contributed by atoms with Gasteiger partial charge in [0.2, 0.25) is 10.0 Å². The summed E-state index contributed by atoms with van der Waals surface area (Å²) in [5.41, 5.74) is 0.220. The molecule has 0 atom stereocenters. The number of morpholine rings is 1. The minimum absolute atomic E-state index is 0.220. The monoisotopic (exact) mass is 248 g/mol. The van der Waals surface area contributed by atoms with Gasteiger partial charge in [0.25, 0.3) is 0 Å². The van der Waals surface area contributed by atoms with Gasteiger partial charge in [0.1, 0.15) is 0 Å². The summed E-state index contributed by atoms with van der Waals surface area (Å²) < 4.78 is 30.0. The quantitative estimate of drug-likeness (QED) is 0.748. The number of hydrogen-bond acceptors (Lipinski definition) is 4. The van der Waals surface area contributed by atoms with Crippen molar-refractivity contribution in [3.8, 4) is 0 Å². The van der Waals surface area contributed by atoms with Gasteiger partial charge in [-0.05, 0) is 19.3 Å². The second-order valence-corrected chi connectivity index (χ2v) is 6.62. The van der Waals surface area contributed by atoms with E-state index in [0.717, 1.165) is 26.3 Å². The number of ether oxygens (including phenoxy) is 1. The largest absolute Gasteiger partial charge is 0.378 e. The molecule has 2 rings (SSSR count). The van der Waals surface area contributed by atoms with Crippen molar-refractivity contribution >= 4 is 10.0 Å². The highest BCUT2D eigenvalue weighted by Gasteiger charge is 2.44. The summed E-state index contributed by atoms with van der Waals surface area (Å²) in [6.07, 6.45) is 4.84. The Hall–Kier alpha value is -0.170. The van der Waals surface area contributed by atoms with Crippen LogP contribution in [-0.4, -0.2) is 58.0 Å². The molecule has 0 aromatic heterocycles. The molecular weight excluding hydrogens is 228 g/mol. The zero-order valence-corrected chi connectivity index (χ0v) is 10.6. The Bertz CT molecular complexity index is 338. The lowest BCUT2D eigenvalue weighted by molar-refractivity contribution is -0.105. The SMILES string of the molecule is CS(=O)(=O)NCCN1CCOCC12CCC2. The fourth-order valence-corrected chi connectivity index (χ4v) is 2.99. The molecule has 1 aliphatic carbocycles. The molecule has 0 unspecified atom stereocenters. The summed E-state index contributed by atoms with van der Waals surface area (Å²) in [6.45, 7) is 3.79. The van der Waals surface area contributed by atoms with Gasteiger partial charge in [0.15, 0.2) is 0 Å². The number of sulfonamides is 1. The molecule has 0 aromatic rings. The van der Waals surface area contributed by atoms with Crippen molar-refractivity contribution < 1.29 is 13.2 Å². The zero-order chi connectivity index (χ0) is 11.6. The van der Waals surface area contributed by atoms with E-state index in [0.29, 0.717) is 6.54 Å².